The topological polar surface area (TPSA) is 57.0 Å². The maximum Gasteiger partial charge on any atom is 0.180 e. The van der Waals surface area contributed by atoms with Crippen molar-refractivity contribution in [3.05, 3.63) is 188 Å². The normalized spacial score (nSPS) is 12.1. The Balaban J connectivity index is 0.892. The van der Waals surface area contributed by atoms with Gasteiger partial charge in [0.15, 0.2) is 5.58 Å². The van der Waals surface area contributed by atoms with Crippen molar-refractivity contribution in [2.45, 2.75) is 0 Å². The van der Waals surface area contributed by atoms with Crippen LogP contribution in [0, 0.1) is 0 Å². The first-order valence-electron chi connectivity index (χ1n) is 19.9. The maximum atomic E-state index is 6.58. The third-order valence-electron chi connectivity index (χ3n) is 12.1. The third-order valence-corrected chi connectivity index (χ3v) is 12.1. The molecule has 5 heteroatoms. The fourth-order valence-electron chi connectivity index (χ4n) is 9.24. The minimum Gasteiger partial charge on any atom is -0.455 e. The second-order valence-electron chi connectivity index (χ2n) is 15.4. The van der Waals surface area contributed by atoms with Crippen molar-refractivity contribution in [2.24, 2.45) is 0 Å². The van der Waals surface area contributed by atoms with Crippen molar-refractivity contribution in [1.29, 1.82) is 0 Å². The summed E-state index contributed by atoms with van der Waals surface area (Å²) in [5.74, 6) is 0. The van der Waals surface area contributed by atoms with Gasteiger partial charge in [-0.2, -0.15) is 0 Å². The molecule has 0 radical (unpaired) electrons. The van der Waals surface area contributed by atoms with Crippen LogP contribution in [0.4, 0.5) is 0 Å². The molecule has 4 aromatic heterocycles. The summed E-state index contributed by atoms with van der Waals surface area (Å²) in [7, 11) is 0. The number of hydrogen-bond donors (Lipinski definition) is 0. The Bertz CT molecular complexity index is 3870. The van der Waals surface area contributed by atoms with Crippen molar-refractivity contribution in [3.8, 4) is 39.2 Å². The van der Waals surface area contributed by atoms with Crippen LogP contribution < -0.4 is 0 Å². The lowest BCUT2D eigenvalue weighted by molar-refractivity contribution is 0.667. The van der Waals surface area contributed by atoms with Gasteiger partial charge in [0, 0.05) is 32.8 Å². The molecule has 4 heterocycles. The molecule has 0 aliphatic carbocycles. The van der Waals surface area contributed by atoms with Crippen LogP contribution in [0.25, 0.3) is 127 Å². The number of hydrogen-bond acceptors (Lipinski definition) is 4. The Labute approximate surface area is 337 Å². The zero-order valence-corrected chi connectivity index (χ0v) is 31.6. The summed E-state index contributed by atoms with van der Waals surface area (Å²) >= 11 is 0. The lowest BCUT2D eigenvalue weighted by atomic mass is 9.96. The fraction of sp³-hybridized carbons (Fsp3) is 0. The van der Waals surface area contributed by atoms with Crippen LogP contribution in [0.15, 0.2) is 197 Å². The van der Waals surface area contributed by atoms with E-state index < -0.39 is 0 Å². The number of aromatic nitrogens is 3. The molecule has 0 unspecified atom stereocenters. The van der Waals surface area contributed by atoms with E-state index in [0.29, 0.717) is 5.58 Å². The molecule has 0 saturated carbocycles. The molecule has 0 fully saturated rings. The number of rotatable bonds is 4. The zero-order valence-electron chi connectivity index (χ0n) is 31.6. The number of para-hydroxylation sites is 2. The van der Waals surface area contributed by atoms with Gasteiger partial charge in [0.1, 0.15) is 34.3 Å². The Morgan fingerprint density at radius 1 is 0.373 bits per heavy atom. The SMILES string of the molecule is c1cc(-c2ncnc3c2oc2ccc(-c4ccc5cc(-c6ccc7ccccc7c6)ccc5c4)cc23)cc(-n2c3ccccc3c3c4oc5ccccc5c4ccc32)c1. The van der Waals surface area contributed by atoms with Gasteiger partial charge in [-0.05, 0) is 111 Å². The van der Waals surface area contributed by atoms with Crippen molar-refractivity contribution in [2.75, 3.05) is 0 Å². The van der Waals surface area contributed by atoms with Gasteiger partial charge < -0.3 is 13.4 Å². The van der Waals surface area contributed by atoms with E-state index in [4.69, 9.17) is 18.8 Å². The largest absolute Gasteiger partial charge is 0.455 e. The molecule has 0 spiro atoms. The molecule has 0 aliphatic heterocycles. The first-order valence-corrected chi connectivity index (χ1v) is 19.9. The van der Waals surface area contributed by atoms with Gasteiger partial charge in [0.25, 0.3) is 0 Å². The van der Waals surface area contributed by atoms with E-state index in [0.717, 1.165) is 88.3 Å². The first-order chi connectivity index (χ1) is 29.2. The zero-order chi connectivity index (χ0) is 38.6. The van der Waals surface area contributed by atoms with Crippen molar-refractivity contribution >= 4 is 87.4 Å². The summed E-state index contributed by atoms with van der Waals surface area (Å²) in [5, 5.41) is 10.4. The lowest BCUT2D eigenvalue weighted by Crippen LogP contribution is -1.95. The van der Waals surface area contributed by atoms with Crippen LogP contribution in [0.3, 0.4) is 0 Å². The summed E-state index contributed by atoms with van der Waals surface area (Å²) in [6, 6.07) is 64.7. The number of nitrogens with zero attached hydrogens (tertiary/aromatic N) is 3. The Hall–Kier alpha value is -8.02. The second-order valence-corrected chi connectivity index (χ2v) is 15.4. The quantitative estimate of drug-likeness (QED) is 0.180. The number of benzene rings is 9. The second kappa shape index (κ2) is 12.2. The Morgan fingerprint density at radius 2 is 1.02 bits per heavy atom. The standard InChI is InChI=1S/C54H31N3O2/c1-2-9-33-26-34(17-16-32(33)8-1)35-18-19-37-28-38(21-20-36(37)27-35)39-22-25-49-45(30-39)52-54(59-49)51(55-31-56-52)40-10-7-11-41(29-40)57-46-14-5-3-13-44(46)50-47(57)24-23-43-42-12-4-6-15-48(42)58-53(43)50/h1-31H. The van der Waals surface area contributed by atoms with E-state index in [-0.39, 0.29) is 0 Å². The van der Waals surface area contributed by atoms with Crippen LogP contribution in [0.1, 0.15) is 0 Å². The highest BCUT2D eigenvalue weighted by molar-refractivity contribution is 6.24. The molecule has 0 saturated heterocycles. The highest BCUT2D eigenvalue weighted by Gasteiger charge is 2.20. The summed E-state index contributed by atoms with van der Waals surface area (Å²) in [4.78, 5) is 9.59. The number of fused-ring (bicyclic) bond motifs is 12. The molecule has 0 amide bonds. The Morgan fingerprint density at radius 3 is 1.85 bits per heavy atom. The molecular formula is C54H31N3O2. The van der Waals surface area contributed by atoms with Gasteiger partial charge in [-0.1, -0.05) is 115 Å². The summed E-state index contributed by atoms with van der Waals surface area (Å²) in [5.41, 5.74) is 13.6. The summed E-state index contributed by atoms with van der Waals surface area (Å²) in [6.07, 6.45) is 1.65. The van der Waals surface area contributed by atoms with Crippen molar-refractivity contribution in [1.82, 2.24) is 14.5 Å². The average Bonchev–Trinajstić information content (AvgIpc) is 3.98. The summed E-state index contributed by atoms with van der Waals surface area (Å²) in [6.45, 7) is 0. The molecule has 59 heavy (non-hydrogen) atoms. The van der Waals surface area contributed by atoms with Crippen LogP contribution in [-0.2, 0) is 0 Å². The van der Waals surface area contributed by atoms with Gasteiger partial charge in [0.2, 0.25) is 0 Å². The van der Waals surface area contributed by atoms with Crippen LogP contribution in [0.2, 0.25) is 0 Å². The van der Waals surface area contributed by atoms with Gasteiger partial charge in [-0.25, -0.2) is 9.97 Å². The van der Waals surface area contributed by atoms with Crippen molar-refractivity contribution < 1.29 is 8.83 Å². The van der Waals surface area contributed by atoms with E-state index in [1.807, 2.05) is 12.1 Å². The van der Waals surface area contributed by atoms with Gasteiger partial charge >= 0.3 is 0 Å². The highest BCUT2D eigenvalue weighted by atomic mass is 16.3. The van der Waals surface area contributed by atoms with E-state index in [1.54, 1.807) is 6.33 Å². The van der Waals surface area contributed by atoms with E-state index >= 15 is 0 Å². The smallest absolute Gasteiger partial charge is 0.180 e. The predicted octanol–water partition coefficient (Wildman–Crippen LogP) is 14.7. The summed E-state index contributed by atoms with van der Waals surface area (Å²) < 4.78 is 15.4. The minimum absolute atomic E-state index is 0.669. The molecule has 13 aromatic rings. The van der Waals surface area contributed by atoms with E-state index in [1.165, 1.54) is 32.7 Å². The lowest BCUT2D eigenvalue weighted by Gasteiger charge is -2.10. The molecule has 274 valence electrons. The highest BCUT2D eigenvalue weighted by Crippen LogP contribution is 2.42. The maximum absolute atomic E-state index is 6.58. The monoisotopic (exact) mass is 753 g/mol. The van der Waals surface area contributed by atoms with Gasteiger partial charge in [-0.15, -0.1) is 0 Å². The molecule has 13 rings (SSSR count). The third kappa shape index (κ3) is 4.85. The Kier molecular flexibility index (Phi) is 6.66. The fourth-order valence-corrected chi connectivity index (χ4v) is 9.24. The minimum atomic E-state index is 0.669. The molecule has 5 nitrogen and oxygen atoms in total. The average molecular weight is 754 g/mol. The van der Waals surface area contributed by atoms with Crippen LogP contribution in [0.5, 0.6) is 0 Å². The molecule has 0 N–H and O–H groups in total. The van der Waals surface area contributed by atoms with Crippen LogP contribution >= 0.6 is 0 Å². The first kappa shape index (κ1) is 32.1. The molecule has 0 aliphatic rings. The number of furan rings is 2. The van der Waals surface area contributed by atoms with E-state index in [2.05, 4.69) is 174 Å². The van der Waals surface area contributed by atoms with Gasteiger partial charge in [-0.3, -0.25) is 0 Å². The van der Waals surface area contributed by atoms with Crippen LogP contribution in [-0.4, -0.2) is 14.5 Å². The molecule has 9 aromatic carbocycles. The van der Waals surface area contributed by atoms with E-state index in [9.17, 15) is 0 Å². The molecule has 0 bridgehead atoms. The molecule has 0 atom stereocenters. The van der Waals surface area contributed by atoms with Gasteiger partial charge in [0.05, 0.1) is 16.4 Å². The molecular weight excluding hydrogens is 723 g/mol. The van der Waals surface area contributed by atoms with Crippen molar-refractivity contribution in [3.63, 3.8) is 0 Å². The predicted molar refractivity (Wildman–Crippen MR) is 242 cm³/mol.